The number of carbonyl (C=O) groups is 1. The van der Waals surface area contributed by atoms with E-state index in [9.17, 15) is 4.79 Å². The van der Waals surface area contributed by atoms with Crippen molar-refractivity contribution < 1.29 is 9.90 Å². The third-order valence-corrected chi connectivity index (χ3v) is 2.28. The van der Waals surface area contributed by atoms with Gasteiger partial charge in [0.25, 0.3) is 0 Å². The molecular formula is C10H6Br2O2. The van der Waals surface area contributed by atoms with E-state index in [4.69, 9.17) is 5.11 Å². The summed E-state index contributed by atoms with van der Waals surface area (Å²) in [5, 5.41) is 9.42. The van der Waals surface area contributed by atoms with Gasteiger partial charge in [0, 0.05) is 10.0 Å². The van der Waals surface area contributed by atoms with E-state index in [0.29, 0.717) is 10.9 Å². The predicted octanol–water partition coefficient (Wildman–Crippen LogP) is 2.89. The van der Waals surface area contributed by atoms with Crippen molar-refractivity contribution in [3.05, 3.63) is 33.8 Å². The molecule has 0 fully saturated rings. The first-order chi connectivity index (χ1) is 6.65. The van der Waals surface area contributed by atoms with Gasteiger partial charge in [0.15, 0.2) is 0 Å². The zero-order valence-corrected chi connectivity index (χ0v) is 10.2. The molecule has 0 aromatic heterocycles. The van der Waals surface area contributed by atoms with Crippen LogP contribution in [-0.2, 0) is 0 Å². The lowest BCUT2D eigenvalue weighted by Crippen LogP contribution is -1.99. The molecule has 0 aliphatic rings. The minimum absolute atomic E-state index is 0.216. The van der Waals surface area contributed by atoms with E-state index in [1.54, 1.807) is 18.2 Å². The van der Waals surface area contributed by atoms with Crippen molar-refractivity contribution in [2.45, 2.75) is 0 Å². The molecule has 0 saturated carbocycles. The van der Waals surface area contributed by atoms with E-state index >= 15 is 0 Å². The number of halogens is 2. The molecule has 1 N–H and O–H groups in total. The quantitative estimate of drug-likeness (QED) is 0.639. The molecule has 1 rings (SSSR count). The van der Waals surface area contributed by atoms with Gasteiger partial charge in [0.2, 0.25) is 0 Å². The molecule has 0 spiro atoms. The van der Waals surface area contributed by atoms with Crippen molar-refractivity contribution in [1.29, 1.82) is 0 Å². The van der Waals surface area contributed by atoms with Crippen LogP contribution in [0.4, 0.5) is 0 Å². The summed E-state index contributed by atoms with van der Waals surface area (Å²) in [4.78, 5) is 10.8. The van der Waals surface area contributed by atoms with Crippen LogP contribution in [0.3, 0.4) is 0 Å². The Labute approximate surface area is 98.6 Å². The molecule has 0 atom stereocenters. The molecule has 72 valence electrons. The molecule has 0 unspecified atom stereocenters. The van der Waals surface area contributed by atoms with Crippen LogP contribution in [0.1, 0.15) is 15.9 Å². The Morgan fingerprint density at radius 3 is 2.79 bits per heavy atom. The van der Waals surface area contributed by atoms with Gasteiger partial charge in [-0.05, 0) is 18.2 Å². The molecule has 14 heavy (non-hydrogen) atoms. The zero-order chi connectivity index (χ0) is 10.6. The molecule has 1 aromatic rings. The monoisotopic (exact) mass is 316 g/mol. The molecule has 0 bridgehead atoms. The van der Waals surface area contributed by atoms with Gasteiger partial charge in [-0.1, -0.05) is 43.7 Å². The standard InChI is InChI=1S/C10H6Br2O2/c11-5-1-2-7-3-4-8(12)6-9(7)10(13)14/h3-4,6H,5H2,(H,13,14). The number of hydrogen-bond acceptors (Lipinski definition) is 1. The number of hydrogen-bond donors (Lipinski definition) is 1. The van der Waals surface area contributed by atoms with E-state index in [2.05, 4.69) is 43.7 Å². The fourth-order valence-electron chi connectivity index (χ4n) is 0.931. The average Bonchev–Trinajstić information content (AvgIpc) is 2.15. The second kappa shape index (κ2) is 5.18. The molecular weight excluding hydrogens is 312 g/mol. The smallest absolute Gasteiger partial charge is 0.337 e. The largest absolute Gasteiger partial charge is 0.478 e. The highest BCUT2D eigenvalue weighted by Gasteiger charge is 2.08. The second-order valence-electron chi connectivity index (χ2n) is 2.43. The van der Waals surface area contributed by atoms with Gasteiger partial charge in [-0.25, -0.2) is 4.79 Å². The Hall–Kier alpha value is -0.790. The van der Waals surface area contributed by atoms with Crippen LogP contribution < -0.4 is 0 Å². The summed E-state index contributed by atoms with van der Waals surface area (Å²) < 4.78 is 0.735. The lowest BCUT2D eigenvalue weighted by molar-refractivity contribution is 0.0696. The minimum atomic E-state index is -0.967. The Balaban J connectivity index is 3.22. The highest BCUT2D eigenvalue weighted by atomic mass is 79.9. The van der Waals surface area contributed by atoms with E-state index in [1.165, 1.54) is 0 Å². The predicted molar refractivity (Wildman–Crippen MR) is 61.8 cm³/mol. The van der Waals surface area contributed by atoms with Gasteiger partial charge in [-0.2, -0.15) is 0 Å². The van der Waals surface area contributed by atoms with Crippen LogP contribution in [-0.4, -0.2) is 16.4 Å². The molecule has 4 heteroatoms. The first-order valence-corrected chi connectivity index (χ1v) is 5.64. The molecule has 1 aromatic carbocycles. The lowest BCUT2D eigenvalue weighted by Gasteiger charge is -1.99. The first kappa shape index (κ1) is 11.3. The van der Waals surface area contributed by atoms with E-state index in [-0.39, 0.29) is 5.56 Å². The average molecular weight is 318 g/mol. The summed E-state index contributed by atoms with van der Waals surface area (Å²) >= 11 is 6.36. The highest BCUT2D eigenvalue weighted by Crippen LogP contribution is 2.16. The van der Waals surface area contributed by atoms with Gasteiger partial charge in [-0.15, -0.1) is 0 Å². The van der Waals surface area contributed by atoms with Crippen molar-refractivity contribution in [1.82, 2.24) is 0 Å². The van der Waals surface area contributed by atoms with Gasteiger partial charge >= 0.3 is 5.97 Å². The highest BCUT2D eigenvalue weighted by molar-refractivity contribution is 9.10. The molecule has 0 amide bonds. The number of rotatable bonds is 1. The number of aromatic carboxylic acids is 1. The molecule has 0 aliphatic carbocycles. The summed E-state index contributed by atoms with van der Waals surface area (Å²) in [6.07, 6.45) is 0. The van der Waals surface area contributed by atoms with Crippen LogP contribution in [0.25, 0.3) is 0 Å². The third-order valence-electron chi connectivity index (χ3n) is 1.50. The Bertz CT molecular complexity index is 416. The summed E-state index contributed by atoms with van der Waals surface area (Å²) in [6.45, 7) is 0. The summed E-state index contributed by atoms with van der Waals surface area (Å²) in [5.74, 6) is 4.57. The summed E-state index contributed by atoms with van der Waals surface area (Å²) in [7, 11) is 0. The van der Waals surface area contributed by atoms with Crippen LogP contribution >= 0.6 is 31.9 Å². The topological polar surface area (TPSA) is 37.3 Å². The molecule has 0 aliphatic heterocycles. The van der Waals surface area contributed by atoms with Crippen molar-refractivity contribution in [3.8, 4) is 11.8 Å². The van der Waals surface area contributed by atoms with Gasteiger partial charge in [0.05, 0.1) is 10.9 Å². The Morgan fingerprint density at radius 1 is 1.50 bits per heavy atom. The van der Waals surface area contributed by atoms with Crippen LogP contribution in [0.15, 0.2) is 22.7 Å². The summed E-state index contributed by atoms with van der Waals surface area (Å²) in [6, 6.07) is 4.99. The van der Waals surface area contributed by atoms with E-state index < -0.39 is 5.97 Å². The van der Waals surface area contributed by atoms with Crippen molar-refractivity contribution in [2.24, 2.45) is 0 Å². The Kier molecular flexibility index (Phi) is 4.18. The zero-order valence-electron chi connectivity index (χ0n) is 7.05. The fraction of sp³-hybridized carbons (Fsp3) is 0.100. The van der Waals surface area contributed by atoms with Crippen molar-refractivity contribution in [3.63, 3.8) is 0 Å². The van der Waals surface area contributed by atoms with E-state index in [0.717, 1.165) is 4.47 Å². The SMILES string of the molecule is O=C(O)c1cc(Br)ccc1C#CCBr. The van der Waals surface area contributed by atoms with E-state index in [1.807, 2.05) is 0 Å². The van der Waals surface area contributed by atoms with Gasteiger partial charge in [0.1, 0.15) is 0 Å². The van der Waals surface area contributed by atoms with Crippen molar-refractivity contribution >= 4 is 37.8 Å². The molecule has 0 radical (unpaired) electrons. The normalized spacial score (nSPS) is 9.00. The number of carboxylic acids is 1. The molecule has 0 heterocycles. The molecule has 2 nitrogen and oxygen atoms in total. The Morgan fingerprint density at radius 2 is 2.21 bits per heavy atom. The van der Waals surface area contributed by atoms with Gasteiger partial charge in [-0.3, -0.25) is 0 Å². The summed E-state index contributed by atoms with van der Waals surface area (Å²) in [5.41, 5.74) is 0.743. The first-order valence-electron chi connectivity index (χ1n) is 3.73. The number of benzene rings is 1. The lowest BCUT2D eigenvalue weighted by atomic mass is 10.1. The fourth-order valence-corrected chi connectivity index (χ4v) is 1.43. The van der Waals surface area contributed by atoms with Crippen LogP contribution in [0.5, 0.6) is 0 Å². The van der Waals surface area contributed by atoms with Crippen molar-refractivity contribution in [2.75, 3.05) is 5.33 Å². The minimum Gasteiger partial charge on any atom is -0.478 e. The third kappa shape index (κ3) is 2.86. The maximum Gasteiger partial charge on any atom is 0.337 e. The van der Waals surface area contributed by atoms with Gasteiger partial charge < -0.3 is 5.11 Å². The maximum atomic E-state index is 10.8. The number of alkyl halides is 1. The van der Waals surface area contributed by atoms with Crippen LogP contribution in [0, 0.1) is 11.8 Å². The second-order valence-corrected chi connectivity index (χ2v) is 3.91. The maximum absolute atomic E-state index is 10.8. The van der Waals surface area contributed by atoms with Crippen LogP contribution in [0.2, 0.25) is 0 Å². The molecule has 0 saturated heterocycles. The number of carboxylic acid groups (broad SMARTS) is 1.